The second-order valence-electron chi connectivity index (χ2n) is 7.97. The Labute approximate surface area is 158 Å². The Morgan fingerprint density at radius 2 is 2.00 bits per heavy atom. The topological polar surface area (TPSA) is 40.1 Å². The number of likely N-dealkylation sites (N-methyl/N-ethyl adjacent to an activating group) is 1. The van der Waals surface area contributed by atoms with Crippen LogP contribution >= 0.6 is 0 Å². The normalized spacial score (nSPS) is 20.3. The molecule has 144 valence electrons. The number of aliphatic imine (C=N–C) groups is 1. The van der Waals surface area contributed by atoms with Gasteiger partial charge in [-0.3, -0.25) is 4.99 Å². The van der Waals surface area contributed by atoms with Crippen molar-refractivity contribution in [2.45, 2.75) is 38.6 Å². The molecule has 1 N–H and O–H groups in total. The highest BCUT2D eigenvalue weighted by atomic mass is 16.5. The molecule has 2 aliphatic rings. The largest absolute Gasteiger partial charge is 0.497 e. The van der Waals surface area contributed by atoms with E-state index in [1.807, 2.05) is 12.1 Å². The molecule has 1 aromatic rings. The lowest BCUT2D eigenvalue weighted by molar-refractivity contribution is 0.151. The van der Waals surface area contributed by atoms with E-state index in [1.165, 1.54) is 37.8 Å². The van der Waals surface area contributed by atoms with Gasteiger partial charge in [-0.05, 0) is 63.4 Å². The number of ether oxygens (including phenoxy) is 1. The van der Waals surface area contributed by atoms with Gasteiger partial charge in [0.05, 0.1) is 19.7 Å². The van der Waals surface area contributed by atoms with Gasteiger partial charge >= 0.3 is 0 Å². The molecule has 0 radical (unpaired) electrons. The standard InChI is InChI=1S/C21H34N4O/c1-5-22-20(25-14-13-21(16-25)11-6-12-21)23-15-19(24(2)3)17-7-9-18(26-4)10-8-17/h7-10,19H,5-6,11-16H2,1-4H3,(H,22,23). The maximum absolute atomic E-state index is 5.28. The summed E-state index contributed by atoms with van der Waals surface area (Å²) in [5, 5.41) is 3.51. The van der Waals surface area contributed by atoms with Gasteiger partial charge in [0.15, 0.2) is 5.96 Å². The Hall–Kier alpha value is -1.75. The fourth-order valence-corrected chi connectivity index (χ4v) is 4.19. The zero-order valence-electron chi connectivity index (χ0n) is 16.8. The summed E-state index contributed by atoms with van der Waals surface area (Å²) < 4.78 is 5.28. The van der Waals surface area contributed by atoms with Crippen molar-refractivity contribution in [1.29, 1.82) is 0 Å². The molecule has 26 heavy (non-hydrogen) atoms. The minimum Gasteiger partial charge on any atom is -0.497 e. The van der Waals surface area contributed by atoms with Crippen LogP contribution in [-0.2, 0) is 0 Å². The third kappa shape index (κ3) is 4.14. The van der Waals surface area contributed by atoms with Crippen LogP contribution in [-0.4, -0.2) is 63.1 Å². The summed E-state index contributed by atoms with van der Waals surface area (Å²) >= 11 is 0. The fourth-order valence-electron chi connectivity index (χ4n) is 4.19. The predicted molar refractivity (Wildman–Crippen MR) is 108 cm³/mol. The molecule has 1 saturated heterocycles. The number of hydrogen-bond donors (Lipinski definition) is 1. The van der Waals surface area contributed by atoms with Gasteiger partial charge in [-0.2, -0.15) is 0 Å². The van der Waals surface area contributed by atoms with Gasteiger partial charge in [-0.25, -0.2) is 0 Å². The van der Waals surface area contributed by atoms with E-state index in [-0.39, 0.29) is 6.04 Å². The first kappa shape index (κ1) is 19.0. The van der Waals surface area contributed by atoms with Crippen LogP contribution in [0.5, 0.6) is 5.75 Å². The molecule has 1 spiro atoms. The van der Waals surface area contributed by atoms with Crippen LogP contribution in [0.25, 0.3) is 0 Å². The molecule has 0 amide bonds. The van der Waals surface area contributed by atoms with Crippen LogP contribution in [0.1, 0.15) is 44.2 Å². The summed E-state index contributed by atoms with van der Waals surface area (Å²) in [4.78, 5) is 9.74. The van der Waals surface area contributed by atoms with E-state index in [1.54, 1.807) is 7.11 Å². The third-order valence-corrected chi connectivity index (χ3v) is 6.02. The van der Waals surface area contributed by atoms with E-state index < -0.39 is 0 Å². The first-order valence-electron chi connectivity index (χ1n) is 9.90. The van der Waals surface area contributed by atoms with Gasteiger partial charge in [-0.15, -0.1) is 0 Å². The number of guanidine groups is 1. The Kier molecular flexibility index (Phi) is 6.07. The summed E-state index contributed by atoms with van der Waals surface area (Å²) in [6.45, 7) is 6.13. The highest BCUT2D eigenvalue weighted by Gasteiger charge is 2.43. The molecule has 1 heterocycles. The van der Waals surface area contributed by atoms with Gasteiger partial charge in [-0.1, -0.05) is 18.6 Å². The minimum atomic E-state index is 0.259. The molecule has 5 heteroatoms. The zero-order chi connectivity index (χ0) is 18.6. The SMILES string of the molecule is CCNC(=NCC(c1ccc(OC)cc1)N(C)C)N1CCC2(CCC2)C1. The molecule has 1 saturated carbocycles. The Morgan fingerprint density at radius 3 is 2.50 bits per heavy atom. The lowest BCUT2D eigenvalue weighted by Gasteiger charge is -2.38. The quantitative estimate of drug-likeness (QED) is 0.626. The first-order valence-corrected chi connectivity index (χ1v) is 9.90. The zero-order valence-corrected chi connectivity index (χ0v) is 16.8. The molecule has 3 rings (SSSR count). The van der Waals surface area contributed by atoms with E-state index in [0.29, 0.717) is 5.41 Å². The Morgan fingerprint density at radius 1 is 1.27 bits per heavy atom. The number of nitrogens with zero attached hydrogens (tertiary/aromatic N) is 3. The van der Waals surface area contributed by atoms with Crippen molar-refractivity contribution < 1.29 is 4.74 Å². The van der Waals surface area contributed by atoms with Crippen LogP contribution in [0.4, 0.5) is 0 Å². The van der Waals surface area contributed by atoms with Crippen LogP contribution in [0.2, 0.25) is 0 Å². The summed E-state index contributed by atoms with van der Waals surface area (Å²) in [6, 6.07) is 8.61. The van der Waals surface area contributed by atoms with E-state index in [0.717, 1.165) is 31.3 Å². The van der Waals surface area contributed by atoms with Crippen molar-refractivity contribution in [3.63, 3.8) is 0 Å². The van der Waals surface area contributed by atoms with E-state index in [9.17, 15) is 0 Å². The molecule has 1 unspecified atom stereocenters. The summed E-state index contributed by atoms with van der Waals surface area (Å²) in [6.07, 6.45) is 5.53. The molecular formula is C21H34N4O. The lowest BCUT2D eigenvalue weighted by Crippen LogP contribution is -2.43. The van der Waals surface area contributed by atoms with Gasteiger partial charge in [0.2, 0.25) is 0 Å². The molecule has 5 nitrogen and oxygen atoms in total. The number of benzene rings is 1. The van der Waals surface area contributed by atoms with E-state index in [4.69, 9.17) is 9.73 Å². The third-order valence-electron chi connectivity index (χ3n) is 6.02. The van der Waals surface area contributed by atoms with Crippen LogP contribution < -0.4 is 10.1 Å². The summed E-state index contributed by atoms with van der Waals surface area (Å²) in [7, 11) is 5.95. The monoisotopic (exact) mass is 358 g/mol. The van der Waals surface area contributed by atoms with Crippen molar-refractivity contribution in [2.75, 3.05) is 47.4 Å². The highest BCUT2D eigenvalue weighted by molar-refractivity contribution is 5.80. The number of likely N-dealkylation sites (tertiary alicyclic amines) is 1. The van der Waals surface area contributed by atoms with Crippen molar-refractivity contribution >= 4 is 5.96 Å². The van der Waals surface area contributed by atoms with Crippen LogP contribution in [0.15, 0.2) is 29.3 Å². The smallest absolute Gasteiger partial charge is 0.194 e. The minimum absolute atomic E-state index is 0.259. The summed E-state index contributed by atoms with van der Waals surface area (Å²) in [5.41, 5.74) is 1.86. The molecule has 0 aromatic heterocycles. The van der Waals surface area contributed by atoms with E-state index >= 15 is 0 Å². The molecule has 1 aromatic carbocycles. The van der Waals surface area contributed by atoms with Gasteiger partial charge in [0.25, 0.3) is 0 Å². The van der Waals surface area contributed by atoms with Crippen LogP contribution in [0, 0.1) is 5.41 Å². The maximum Gasteiger partial charge on any atom is 0.194 e. The average molecular weight is 359 g/mol. The van der Waals surface area contributed by atoms with Crippen molar-refractivity contribution in [3.8, 4) is 5.75 Å². The number of nitrogens with one attached hydrogen (secondary N) is 1. The van der Waals surface area contributed by atoms with Gasteiger partial charge in [0.1, 0.15) is 5.75 Å². The highest BCUT2D eigenvalue weighted by Crippen LogP contribution is 2.47. The van der Waals surface area contributed by atoms with Gasteiger partial charge < -0.3 is 19.9 Å². The van der Waals surface area contributed by atoms with Crippen molar-refractivity contribution in [3.05, 3.63) is 29.8 Å². The van der Waals surface area contributed by atoms with E-state index in [2.05, 4.69) is 48.3 Å². The van der Waals surface area contributed by atoms with Crippen molar-refractivity contribution in [1.82, 2.24) is 15.1 Å². The summed E-state index contributed by atoms with van der Waals surface area (Å²) in [5.74, 6) is 1.97. The molecular weight excluding hydrogens is 324 g/mol. The first-order chi connectivity index (χ1) is 12.6. The Bertz CT molecular complexity index is 607. The number of rotatable bonds is 6. The van der Waals surface area contributed by atoms with Crippen molar-refractivity contribution in [2.24, 2.45) is 10.4 Å². The molecule has 1 atom stereocenters. The number of hydrogen-bond acceptors (Lipinski definition) is 3. The van der Waals surface area contributed by atoms with Gasteiger partial charge in [0, 0.05) is 19.6 Å². The average Bonchev–Trinajstić information content (AvgIpc) is 3.07. The van der Waals surface area contributed by atoms with Crippen LogP contribution in [0.3, 0.4) is 0 Å². The fraction of sp³-hybridized carbons (Fsp3) is 0.667. The molecule has 2 fully saturated rings. The molecule has 0 bridgehead atoms. The lowest BCUT2D eigenvalue weighted by atomic mass is 9.68. The second kappa shape index (κ2) is 8.30. The molecule has 1 aliphatic carbocycles. The second-order valence-corrected chi connectivity index (χ2v) is 7.97. The maximum atomic E-state index is 5.28. The Balaban J connectivity index is 1.71. The predicted octanol–water partition coefficient (Wildman–Crippen LogP) is 3.14. The number of methoxy groups -OCH3 is 1. The molecule has 1 aliphatic heterocycles.